The van der Waals surface area contributed by atoms with Crippen LogP contribution in [0.25, 0.3) is 0 Å². The van der Waals surface area contributed by atoms with Gasteiger partial charge in [0.15, 0.2) is 0 Å². The fraction of sp³-hybridized carbons (Fsp3) is 1.00. The van der Waals surface area contributed by atoms with Gasteiger partial charge in [0.25, 0.3) is 0 Å². The Morgan fingerprint density at radius 2 is 1.89 bits per heavy atom. The van der Waals surface area contributed by atoms with Crippen LogP contribution in [-0.2, 0) is 10.0 Å². The van der Waals surface area contributed by atoms with E-state index in [1.165, 1.54) is 19.3 Å². The number of nitrogens with one attached hydrogen (secondary N) is 2. The van der Waals surface area contributed by atoms with E-state index in [2.05, 4.69) is 23.9 Å². The zero-order valence-corrected chi connectivity index (χ0v) is 13.1. The number of rotatable bonds is 5. The first-order valence-electron chi connectivity index (χ1n) is 7.60. The zero-order valence-electron chi connectivity index (χ0n) is 12.2. The standard InChI is InChI=1S/C14H28N2O2S/c1-14(2)8-5-9-15-13(14)10-16-19(17,18)11-12-6-3-4-7-12/h12-13,15-16H,3-11H2,1-2H3/t13-/m1/s1. The van der Waals surface area contributed by atoms with E-state index in [1.807, 2.05) is 0 Å². The SMILES string of the molecule is CC1(C)CCCN[C@@H]1CNS(=O)(=O)CC1CCCC1. The van der Waals surface area contributed by atoms with Crippen molar-refractivity contribution in [1.29, 1.82) is 0 Å². The van der Waals surface area contributed by atoms with E-state index in [9.17, 15) is 8.42 Å². The van der Waals surface area contributed by atoms with Crippen molar-refractivity contribution in [1.82, 2.24) is 10.0 Å². The van der Waals surface area contributed by atoms with Crippen molar-refractivity contribution in [2.75, 3.05) is 18.8 Å². The molecule has 0 aromatic heterocycles. The summed E-state index contributed by atoms with van der Waals surface area (Å²) < 4.78 is 27.0. The van der Waals surface area contributed by atoms with Crippen molar-refractivity contribution in [3.63, 3.8) is 0 Å². The highest BCUT2D eigenvalue weighted by atomic mass is 32.2. The molecule has 1 atom stereocenters. The lowest BCUT2D eigenvalue weighted by Crippen LogP contribution is -2.53. The van der Waals surface area contributed by atoms with E-state index in [4.69, 9.17) is 0 Å². The first-order chi connectivity index (χ1) is 8.89. The van der Waals surface area contributed by atoms with Crippen LogP contribution >= 0.6 is 0 Å². The van der Waals surface area contributed by atoms with Crippen LogP contribution in [0.15, 0.2) is 0 Å². The molecule has 2 N–H and O–H groups in total. The summed E-state index contributed by atoms with van der Waals surface area (Å²) in [5, 5.41) is 3.45. The monoisotopic (exact) mass is 288 g/mol. The molecule has 112 valence electrons. The first kappa shape index (κ1) is 15.3. The molecule has 2 aliphatic rings. The maximum Gasteiger partial charge on any atom is 0.211 e. The third kappa shape index (κ3) is 4.43. The molecule has 1 aliphatic heterocycles. The normalized spacial score (nSPS) is 28.6. The maximum atomic E-state index is 12.1. The predicted octanol–water partition coefficient (Wildman–Crippen LogP) is 1.87. The molecule has 0 aromatic rings. The van der Waals surface area contributed by atoms with Crippen molar-refractivity contribution < 1.29 is 8.42 Å². The highest BCUT2D eigenvalue weighted by molar-refractivity contribution is 7.89. The van der Waals surface area contributed by atoms with Crippen LogP contribution in [0.3, 0.4) is 0 Å². The molecule has 1 aliphatic carbocycles. The molecule has 4 nitrogen and oxygen atoms in total. The van der Waals surface area contributed by atoms with Gasteiger partial charge in [-0.25, -0.2) is 13.1 Å². The maximum absolute atomic E-state index is 12.1. The average Bonchev–Trinajstić information content (AvgIpc) is 2.79. The minimum atomic E-state index is -3.10. The minimum Gasteiger partial charge on any atom is -0.312 e. The number of hydrogen-bond donors (Lipinski definition) is 2. The molecule has 19 heavy (non-hydrogen) atoms. The summed E-state index contributed by atoms with van der Waals surface area (Å²) in [6.07, 6.45) is 6.88. The topological polar surface area (TPSA) is 58.2 Å². The van der Waals surface area contributed by atoms with E-state index in [0.29, 0.717) is 18.2 Å². The van der Waals surface area contributed by atoms with Gasteiger partial charge < -0.3 is 5.32 Å². The second kappa shape index (κ2) is 6.10. The van der Waals surface area contributed by atoms with Crippen LogP contribution < -0.4 is 10.0 Å². The van der Waals surface area contributed by atoms with Crippen LogP contribution in [-0.4, -0.2) is 33.3 Å². The molecule has 0 amide bonds. The second-order valence-corrected chi connectivity index (χ2v) is 8.73. The molecular weight excluding hydrogens is 260 g/mol. The summed E-state index contributed by atoms with van der Waals surface area (Å²) in [6.45, 7) is 5.96. The Labute approximate surface area is 117 Å². The average molecular weight is 288 g/mol. The van der Waals surface area contributed by atoms with E-state index >= 15 is 0 Å². The Morgan fingerprint density at radius 3 is 2.53 bits per heavy atom. The van der Waals surface area contributed by atoms with Gasteiger partial charge in [0.1, 0.15) is 0 Å². The van der Waals surface area contributed by atoms with Gasteiger partial charge in [-0.05, 0) is 43.6 Å². The highest BCUT2D eigenvalue weighted by Crippen LogP contribution is 2.30. The third-order valence-corrected chi connectivity index (χ3v) is 6.29. The zero-order chi connectivity index (χ0) is 13.9. The quantitative estimate of drug-likeness (QED) is 0.812. The molecule has 0 unspecified atom stereocenters. The molecule has 2 fully saturated rings. The number of sulfonamides is 1. The van der Waals surface area contributed by atoms with E-state index in [0.717, 1.165) is 25.8 Å². The summed E-state index contributed by atoms with van der Waals surface area (Å²) in [5.74, 6) is 0.699. The van der Waals surface area contributed by atoms with Gasteiger partial charge >= 0.3 is 0 Å². The first-order valence-corrected chi connectivity index (χ1v) is 9.25. The van der Waals surface area contributed by atoms with Crippen molar-refractivity contribution in [2.45, 2.75) is 58.4 Å². The van der Waals surface area contributed by atoms with Gasteiger partial charge in [-0.1, -0.05) is 26.7 Å². The van der Waals surface area contributed by atoms with Crippen LogP contribution in [0.1, 0.15) is 52.4 Å². The molecule has 1 saturated carbocycles. The van der Waals surface area contributed by atoms with Crippen LogP contribution in [0.5, 0.6) is 0 Å². The summed E-state index contributed by atoms with van der Waals surface area (Å²) in [7, 11) is -3.10. The molecule has 1 saturated heterocycles. The van der Waals surface area contributed by atoms with Gasteiger partial charge in [0, 0.05) is 12.6 Å². The molecule has 0 bridgehead atoms. The van der Waals surface area contributed by atoms with Gasteiger partial charge in [-0.3, -0.25) is 0 Å². The van der Waals surface area contributed by atoms with Crippen LogP contribution in [0.4, 0.5) is 0 Å². The Hall–Kier alpha value is -0.130. The molecule has 0 radical (unpaired) electrons. The number of hydrogen-bond acceptors (Lipinski definition) is 3. The lowest BCUT2D eigenvalue weighted by Gasteiger charge is -2.39. The van der Waals surface area contributed by atoms with Gasteiger partial charge in [-0.2, -0.15) is 0 Å². The summed E-state index contributed by atoms with van der Waals surface area (Å²) in [4.78, 5) is 0. The summed E-state index contributed by atoms with van der Waals surface area (Å²) >= 11 is 0. The second-order valence-electron chi connectivity index (χ2n) is 6.88. The van der Waals surface area contributed by atoms with Gasteiger partial charge in [0.05, 0.1) is 5.75 Å². The van der Waals surface area contributed by atoms with Crippen LogP contribution in [0, 0.1) is 11.3 Å². The Kier molecular flexibility index (Phi) is 4.90. The smallest absolute Gasteiger partial charge is 0.211 e. The lowest BCUT2D eigenvalue weighted by molar-refractivity contribution is 0.181. The van der Waals surface area contributed by atoms with E-state index < -0.39 is 10.0 Å². The third-order valence-electron chi connectivity index (χ3n) is 4.77. The summed E-state index contributed by atoms with van der Waals surface area (Å²) in [6, 6.07) is 0.250. The molecule has 0 spiro atoms. The molecule has 2 rings (SSSR count). The molecular formula is C14H28N2O2S. The molecule has 5 heteroatoms. The Bertz CT molecular complexity index is 386. The van der Waals surface area contributed by atoms with E-state index in [1.54, 1.807) is 0 Å². The van der Waals surface area contributed by atoms with Crippen molar-refractivity contribution in [3.8, 4) is 0 Å². The Morgan fingerprint density at radius 1 is 1.21 bits per heavy atom. The fourth-order valence-corrected chi connectivity index (χ4v) is 4.87. The van der Waals surface area contributed by atoms with Crippen LogP contribution in [0.2, 0.25) is 0 Å². The molecule has 1 heterocycles. The van der Waals surface area contributed by atoms with Gasteiger partial charge in [0.2, 0.25) is 10.0 Å². The minimum absolute atomic E-state index is 0.175. The van der Waals surface area contributed by atoms with Crippen molar-refractivity contribution in [3.05, 3.63) is 0 Å². The van der Waals surface area contributed by atoms with Crippen molar-refractivity contribution >= 4 is 10.0 Å². The number of piperidine rings is 1. The largest absolute Gasteiger partial charge is 0.312 e. The Balaban J connectivity index is 1.82. The lowest BCUT2D eigenvalue weighted by atomic mass is 9.78. The summed E-state index contributed by atoms with van der Waals surface area (Å²) in [5.41, 5.74) is 0.175. The van der Waals surface area contributed by atoms with Gasteiger partial charge in [-0.15, -0.1) is 0 Å². The van der Waals surface area contributed by atoms with E-state index in [-0.39, 0.29) is 11.5 Å². The highest BCUT2D eigenvalue weighted by Gasteiger charge is 2.33. The predicted molar refractivity (Wildman–Crippen MR) is 78.6 cm³/mol. The fourth-order valence-electron chi connectivity index (χ4n) is 3.38. The molecule has 0 aromatic carbocycles. The van der Waals surface area contributed by atoms with Crippen molar-refractivity contribution in [2.24, 2.45) is 11.3 Å².